The molecule has 1 N–H and O–H groups in total. The van der Waals surface area contributed by atoms with Crippen molar-refractivity contribution in [1.82, 2.24) is 34.8 Å². The fourth-order valence-electron chi connectivity index (χ4n) is 4.79. The Bertz CT molecular complexity index is 1570. The molecule has 0 spiro atoms. The number of nitrogens with zero attached hydrogens (tertiary/aromatic N) is 6. The minimum atomic E-state index is -2.87. The molecule has 0 saturated carbocycles. The van der Waals surface area contributed by atoms with E-state index in [9.17, 15) is 18.4 Å². The van der Waals surface area contributed by atoms with Crippen molar-refractivity contribution in [3.05, 3.63) is 30.4 Å². The molecule has 0 aliphatic rings. The number of ether oxygens (including phenoxy) is 5. The number of hydrogen-bond donors (Lipinski definition) is 1. The molecule has 0 fully saturated rings. The molecule has 278 valence electrons. The van der Waals surface area contributed by atoms with Crippen LogP contribution in [0.15, 0.2) is 24.7 Å². The zero-order valence-electron chi connectivity index (χ0n) is 30.7. The van der Waals surface area contributed by atoms with Gasteiger partial charge >= 0.3 is 12.2 Å². The van der Waals surface area contributed by atoms with E-state index in [0.29, 0.717) is 35.6 Å². The third-order valence-corrected chi connectivity index (χ3v) is 7.17. The molecular weight excluding hydrogens is 656 g/mol. The Morgan fingerprint density at radius 1 is 1.00 bits per heavy atom. The Kier molecular flexibility index (Phi) is 13.7. The van der Waals surface area contributed by atoms with Gasteiger partial charge in [0.15, 0.2) is 5.82 Å². The first-order valence-electron chi connectivity index (χ1n) is 16.6. The quantitative estimate of drug-likeness (QED) is 0.160. The number of imidazole rings is 1. The molecule has 0 saturated heterocycles. The summed E-state index contributed by atoms with van der Waals surface area (Å²) in [6, 6.07) is 0.751. The average Bonchev–Trinajstić information content (AvgIpc) is 3.48. The normalized spacial score (nSPS) is 13.4. The smallest absolute Gasteiger partial charge is 0.410 e. The standard InChI is InChI=1S/C34H51F2N7O7/c1-11-42(31(45)50-33(6,7)8)22(2)25-20-24(26(46-10)21-38-25)27-40-29(28-37-15-16-43(28)41-27)48-19-18-47-17-13-23(12-14-34(9,35)36)39-30(44)49-32(3,4)5/h15-16,20-23H,11-14,17-19H2,1-10H3,(H,39,44)/t22-,23?/m1/s1. The summed E-state index contributed by atoms with van der Waals surface area (Å²) >= 11 is 0. The Labute approximate surface area is 292 Å². The minimum absolute atomic E-state index is 0.0562. The lowest BCUT2D eigenvalue weighted by molar-refractivity contribution is 0.00499. The number of rotatable bonds is 16. The number of methoxy groups -OCH3 is 1. The van der Waals surface area contributed by atoms with Crippen LogP contribution in [0.1, 0.15) is 93.3 Å². The second kappa shape index (κ2) is 17.1. The highest BCUT2D eigenvalue weighted by molar-refractivity contribution is 5.70. The lowest BCUT2D eigenvalue weighted by Crippen LogP contribution is -2.40. The summed E-state index contributed by atoms with van der Waals surface area (Å²) in [6.45, 7) is 16.0. The molecule has 0 aromatic carbocycles. The zero-order chi connectivity index (χ0) is 37.3. The molecule has 16 heteroatoms. The van der Waals surface area contributed by atoms with Crippen molar-refractivity contribution >= 4 is 17.8 Å². The molecule has 3 aromatic rings. The van der Waals surface area contributed by atoms with Gasteiger partial charge < -0.3 is 33.9 Å². The highest BCUT2D eigenvalue weighted by Crippen LogP contribution is 2.32. The topological polar surface area (TPSA) is 152 Å². The number of halogens is 2. The first kappa shape index (κ1) is 40.1. The van der Waals surface area contributed by atoms with Crippen molar-refractivity contribution in [1.29, 1.82) is 0 Å². The molecule has 0 radical (unpaired) electrons. The van der Waals surface area contributed by atoms with Crippen LogP contribution in [-0.4, -0.2) is 98.3 Å². The van der Waals surface area contributed by atoms with Crippen LogP contribution in [0, 0.1) is 0 Å². The molecule has 0 bridgehead atoms. The number of aromatic nitrogens is 5. The lowest BCUT2D eigenvalue weighted by atomic mass is 10.1. The number of pyridine rings is 1. The minimum Gasteiger partial charge on any atom is -0.494 e. The maximum Gasteiger partial charge on any atom is 0.410 e. The van der Waals surface area contributed by atoms with Gasteiger partial charge in [-0.15, -0.1) is 5.10 Å². The monoisotopic (exact) mass is 707 g/mol. The van der Waals surface area contributed by atoms with Crippen LogP contribution < -0.4 is 14.8 Å². The van der Waals surface area contributed by atoms with Crippen molar-refractivity contribution in [2.75, 3.05) is 33.5 Å². The molecule has 3 rings (SSSR count). The Balaban J connectivity index is 1.72. The number of amides is 2. The maximum absolute atomic E-state index is 13.6. The number of hydrogen-bond acceptors (Lipinski definition) is 11. The van der Waals surface area contributed by atoms with E-state index >= 15 is 0 Å². The van der Waals surface area contributed by atoms with Crippen LogP contribution in [0.3, 0.4) is 0 Å². The second-order valence-corrected chi connectivity index (χ2v) is 13.9. The number of alkyl halides is 2. The zero-order valence-corrected chi connectivity index (χ0v) is 30.7. The van der Waals surface area contributed by atoms with Gasteiger partial charge in [0.05, 0.1) is 37.2 Å². The molecular formula is C34H51F2N7O7. The molecule has 2 atom stereocenters. The predicted octanol–water partition coefficient (Wildman–Crippen LogP) is 6.63. The van der Waals surface area contributed by atoms with E-state index in [-0.39, 0.29) is 37.9 Å². The number of nitrogens with one attached hydrogen (secondary N) is 1. The molecule has 50 heavy (non-hydrogen) atoms. The van der Waals surface area contributed by atoms with E-state index in [0.717, 1.165) is 6.92 Å². The van der Waals surface area contributed by atoms with E-state index in [4.69, 9.17) is 23.7 Å². The van der Waals surface area contributed by atoms with E-state index in [1.165, 1.54) is 11.6 Å². The summed E-state index contributed by atoms with van der Waals surface area (Å²) in [5.74, 6) is -2.00. The van der Waals surface area contributed by atoms with Crippen LogP contribution in [-0.2, 0) is 14.2 Å². The van der Waals surface area contributed by atoms with Crippen molar-refractivity contribution in [2.24, 2.45) is 0 Å². The SMILES string of the molecule is CCN(C(=O)OC(C)(C)C)[C@H](C)c1cc(-c2nc(OCCOCCC(CCC(C)(F)F)NC(=O)OC(C)(C)C)c3nccn3n2)c(OC)cn1. The highest BCUT2D eigenvalue weighted by Gasteiger charge is 2.28. The Hall–Kier alpha value is -4.34. The summed E-state index contributed by atoms with van der Waals surface area (Å²) in [5.41, 5.74) is 0.0803. The second-order valence-electron chi connectivity index (χ2n) is 13.9. The van der Waals surface area contributed by atoms with Crippen LogP contribution in [0.2, 0.25) is 0 Å². The fraction of sp³-hybridized carbons (Fsp3) is 0.647. The van der Waals surface area contributed by atoms with Crippen molar-refractivity contribution < 1.29 is 42.1 Å². The third-order valence-electron chi connectivity index (χ3n) is 7.17. The number of carbonyl (C=O) groups excluding carboxylic acids is 2. The first-order valence-corrected chi connectivity index (χ1v) is 16.6. The summed E-state index contributed by atoms with van der Waals surface area (Å²) in [7, 11) is 1.51. The predicted molar refractivity (Wildman–Crippen MR) is 182 cm³/mol. The van der Waals surface area contributed by atoms with Crippen LogP contribution in [0.25, 0.3) is 17.0 Å². The largest absolute Gasteiger partial charge is 0.494 e. The van der Waals surface area contributed by atoms with Crippen molar-refractivity contribution in [2.45, 2.75) is 111 Å². The third kappa shape index (κ3) is 12.5. The van der Waals surface area contributed by atoms with Crippen molar-refractivity contribution in [3.8, 4) is 23.0 Å². The van der Waals surface area contributed by atoms with Crippen molar-refractivity contribution in [3.63, 3.8) is 0 Å². The van der Waals surface area contributed by atoms with Crippen LogP contribution in [0.5, 0.6) is 11.6 Å². The summed E-state index contributed by atoms with van der Waals surface area (Å²) in [4.78, 5) is 40.3. The van der Waals surface area contributed by atoms with E-state index in [2.05, 4.69) is 25.4 Å². The van der Waals surface area contributed by atoms with Gasteiger partial charge in [0.2, 0.25) is 11.6 Å². The van der Waals surface area contributed by atoms with Gasteiger partial charge in [-0.3, -0.25) is 4.98 Å². The Morgan fingerprint density at radius 2 is 1.70 bits per heavy atom. The first-order chi connectivity index (χ1) is 23.3. The molecule has 14 nitrogen and oxygen atoms in total. The van der Waals surface area contributed by atoms with Gasteiger partial charge in [0, 0.05) is 38.0 Å². The van der Waals surface area contributed by atoms with Gasteiger partial charge in [-0.1, -0.05) is 0 Å². The summed E-state index contributed by atoms with van der Waals surface area (Å²) in [6.07, 6.45) is 3.59. The molecule has 3 heterocycles. The summed E-state index contributed by atoms with van der Waals surface area (Å²) in [5, 5.41) is 7.27. The summed E-state index contributed by atoms with van der Waals surface area (Å²) < 4.78 is 56.8. The van der Waals surface area contributed by atoms with Gasteiger partial charge in [0.25, 0.3) is 5.88 Å². The van der Waals surface area contributed by atoms with Gasteiger partial charge in [-0.2, -0.15) is 4.98 Å². The molecule has 3 aromatic heterocycles. The lowest BCUT2D eigenvalue weighted by Gasteiger charge is -2.30. The van der Waals surface area contributed by atoms with Gasteiger partial charge in [-0.25, -0.2) is 27.9 Å². The molecule has 0 aliphatic heterocycles. The van der Waals surface area contributed by atoms with Gasteiger partial charge in [0.1, 0.15) is 23.6 Å². The van der Waals surface area contributed by atoms with E-state index in [1.807, 2.05) is 34.6 Å². The molecule has 2 amide bonds. The maximum atomic E-state index is 13.6. The van der Waals surface area contributed by atoms with E-state index in [1.54, 1.807) is 50.3 Å². The highest BCUT2D eigenvalue weighted by atomic mass is 19.3. The number of fused-ring (bicyclic) bond motifs is 1. The number of carbonyl (C=O) groups is 2. The van der Waals surface area contributed by atoms with Gasteiger partial charge in [-0.05, 0) is 81.2 Å². The Morgan fingerprint density at radius 3 is 2.32 bits per heavy atom. The average molecular weight is 708 g/mol. The molecule has 0 aliphatic carbocycles. The fourth-order valence-corrected chi connectivity index (χ4v) is 4.79. The van der Waals surface area contributed by atoms with Crippen LogP contribution >= 0.6 is 0 Å². The van der Waals surface area contributed by atoms with Crippen LogP contribution in [0.4, 0.5) is 18.4 Å². The molecule has 1 unspecified atom stereocenters. The number of alkyl carbamates (subject to hydrolysis) is 1. The van der Waals surface area contributed by atoms with E-state index < -0.39 is 47.8 Å².